The number of aromatic nitrogens is 3. The fraction of sp³-hybridized carbons (Fsp3) is 0.167. The molecule has 1 aliphatic rings. The zero-order valence-corrected chi connectivity index (χ0v) is 13.9. The molecule has 1 aromatic carbocycles. The van der Waals surface area contributed by atoms with Crippen molar-refractivity contribution in [1.82, 2.24) is 19.8 Å². The van der Waals surface area contributed by atoms with Crippen molar-refractivity contribution in [3.63, 3.8) is 0 Å². The maximum atomic E-state index is 10.0. The molecule has 7 nitrogen and oxygen atoms in total. The van der Waals surface area contributed by atoms with Crippen LogP contribution in [0, 0.1) is 0 Å². The Morgan fingerprint density at radius 3 is 2.68 bits per heavy atom. The van der Waals surface area contributed by atoms with Gasteiger partial charge in [0.1, 0.15) is 11.6 Å². The Morgan fingerprint density at radius 2 is 1.92 bits per heavy atom. The van der Waals surface area contributed by atoms with Gasteiger partial charge in [0.25, 0.3) is 0 Å². The first-order chi connectivity index (χ1) is 11.9. The molecule has 0 saturated carbocycles. The van der Waals surface area contributed by atoms with E-state index < -0.39 is 0 Å². The summed E-state index contributed by atoms with van der Waals surface area (Å²) in [6, 6.07) is 7.06. The van der Waals surface area contributed by atoms with Crippen LogP contribution in [-0.4, -0.2) is 31.2 Å². The molecule has 0 amide bonds. The van der Waals surface area contributed by atoms with Crippen LogP contribution in [0.2, 0.25) is 0 Å². The van der Waals surface area contributed by atoms with Gasteiger partial charge in [0.15, 0.2) is 0 Å². The molecule has 1 aliphatic heterocycles. The number of allylic oxidation sites excluding steroid dienone is 1. The van der Waals surface area contributed by atoms with Crippen LogP contribution in [0.4, 0.5) is 5.82 Å². The van der Waals surface area contributed by atoms with E-state index in [1.54, 1.807) is 22.7 Å². The number of imidazole rings is 1. The lowest BCUT2D eigenvalue weighted by Crippen LogP contribution is -2.35. The van der Waals surface area contributed by atoms with Crippen LogP contribution in [-0.2, 0) is 0 Å². The average Bonchev–Trinajstić information content (AvgIpc) is 2.96. The molecular formula is C18H18N6O. The molecule has 0 spiro atoms. The summed E-state index contributed by atoms with van der Waals surface area (Å²) in [5.74, 6) is 1.04. The fourth-order valence-electron chi connectivity index (χ4n) is 2.85. The highest BCUT2D eigenvalue weighted by atomic mass is 16.3. The molecule has 7 heteroatoms. The van der Waals surface area contributed by atoms with E-state index in [2.05, 4.69) is 26.6 Å². The second-order valence-corrected chi connectivity index (χ2v) is 6.58. The number of nitrogens with two attached hydrogens (primary N) is 1. The van der Waals surface area contributed by atoms with Crippen LogP contribution >= 0.6 is 0 Å². The molecule has 0 aliphatic carbocycles. The molecule has 0 saturated heterocycles. The third-order valence-electron chi connectivity index (χ3n) is 4.04. The van der Waals surface area contributed by atoms with E-state index in [4.69, 9.17) is 5.73 Å². The number of nitrogen functional groups attached to an aromatic ring is 1. The van der Waals surface area contributed by atoms with Gasteiger partial charge in [-0.15, -0.1) is 0 Å². The topological polar surface area (TPSA) is 101 Å². The van der Waals surface area contributed by atoms with Gasteiger partial charge in [0.2, 0.25) is 5.78 Å². The number of benzene rings is 1. The number of para-hydroxylation sites is 1. The van der Waals surface area contributed by atoms with E-state index in [-0.39, 0.29) is 11.3 Å². The summed E-state index contributed by atoms with van der Waals surface area (Å²) in [5, 5.41) is 14.2. The van der Waals surface area contributed by atoms with Gasteiger partial charge in [-0.1, -0.05) is 12.1 Å². The number of rotatable bonds is 2. The number of hydrogen-bond acceptors (Lipinski definition) is 6. The standard InChI is InChI=1S/C18H18N6O/c1-18(2)7-11(8-20-23-18)13-9-24-10-14(21-17(24)22-16(13)19)12-5-3-4-6-15(12)25/h3-10,23,25H,1-2H3,(H2,19,21,22). The quantitative estimate of drug-likeness (QED) is 0.668. The number of hydrogen-bond donors (Lipinski definition) is 3. The highest BCUT2D eigenvalue weighted by Crippen LogP contribution is 2.29. The number of nitrogens with zero attached hydrogens (tertiary/aromatic N) is 4. The summed E-state index contributed by atoms with van der Waals surface area (Å²) in [6.07, 6.45) is 7.49. The predicted octanol–water partition coefficient (Wildman–Crippen LogP) is 2.44. The molecule has 126 valence electrons. The van der Waals surface area contributed by atoms with Crippen LogP contribution in [0.15, 0.2) is 47.8 Å². The molecule has 2 aromatic heterocycles. The van der Waals surface area contributed by atoms with Gasteiger partial charge >= 0.3 is 0 Å². The maximum absolute atomic E-state index is 10.0. The Bertz CT molecular complexity index is 1030. The van der Waals surface area contributed by atoms with Gasteiger partial charge in [-0.3, -0.25) is 4.40 Å². The smallest absolute Gasteiger partial charge is 0.236 e. The van der Waals surface area contributed by atoms with E-state index in [0.717, 1.165) is 11.1 Å². The number of hydrazone groups is 1. The largest absolute Gasteiger partial charge is 0.507 e. The van der Waals surface area contributed by atoms with Gasteiger partial charge in [-0.25, -0.2) is 4.98 Å². The van der Waals surface area contributed by atoms with Crippen molar-refractivity contribution >= 4 is 23.4 Å². The van der Waals surface area contributed by atoms with Gasteiger partial charge < -0.3 is 16.3 Å². The SMILES string of the molecule is CC1(C)C=C(c2cn3cc(-c4ccccc4O)nc3nc2N)C=NN1. The molecule has 0 unspecified atom stereocenters. The zero-order valence-electron chi connectivity index (χ0n) is 13.9. The van der Waals surface area contributed by atoms with Crippen molar-refractivity contribution in [2.24, 2.45) is 5.10 Å². The maximum Gasteiger partial charge on any atom is 0.236 e. The van der Waals surface area contributed by atoms with E-state index >= 15 is 0 Å². The van der Waals surface area contributed by atoms with E-state index in [1.807, 2.05) is 38.4 Å². The Morgan fingerprint density at radius 1 is 1.12 bits per heavy atom. The third-order valence-corrected chi connectivity index (χ3v) is 4.04. The summed E-state index contributed by atoms with van der Waals surface area (Å²) in [7, 11) is 0. The van der Waals surface area contributed by atoms with Crippen LogP contribution in [0.1, 0.15) is 19.4 Å². The lowest BCUT2D eigenvalue weighted by Gasteiger charge is -2.24. The Hall–Kier alpha value is -3.35. The van der Waals surface area contributed by atoms with Crippen molar-refractivity contribution in [3.8, 4) is 17.0 Å². The van der Waals surface area contributed by atoms with Gasteiger partial charge in [-0.2, -0.15) is 10.1 Å². The number of fused-ring (bicyclic) bond motifs is 1. The minimum absolute atomic E-state index is 0.175. The van der Waals surface area contributed by atoms with Crippen molar-refractivity contribution in [2.75, 3.05) is 5.73 Å². The zero-order chi connectivity index (χ0) is 17.6. The molecular weight excluding hydrogens is 316 g/mol. The first-order valence-corrected chi connectivity index (χ1v) is 7.90. The summed E-state index contributed by atoms with van der Waals surface area (Å²) < 4.78 is 1.80. The minimum Gasteiger partial charge on any atom is -0.507 e. The molecule has 25 heavy (non-hydrogen) atoms. The summed E-state index contributed by atoms with van der Waals surface area (Å²) in [5.41, 5.74) is 11.9. The highest BCUT2D eigenvalue weighted by molar-refractivity contribution is 6.12. The van der Waals surface area contributed by atoms with Crippen molar-refractivity contribution in [3.05, 3.63) is 48.3 Å². The lowest BCUT2D eigenvalue weighted by atomic mass is 9.98. The van der Waals surface area contributed by atoms with Crippen LogP contribution in [0.5, 0.6) is 5.75 Å². The summed E-state index contributed by atoms with van der Waals surface area (Å²) >= 11 is 0. The summed E-state index contributed by atoms with van der Waals surface area (Å²) in [6.45, 7) is 4.05. The Kier molecular flexibility index (Phi) is 3.24. The predicted molar refractivity (Wildman–Crippen MR) is 98.2 cm³/mol. The molecule has 0 bridgehead atoms. The number of anilines is 1. The summed E-state index contributed by atoms with van der Waals surface area (Å²) in [4.78, 5) is 8.87. The van der Waals surface area contributed by atoms with E-state index in [0.29, 0.717) is 22.9 Å². The second-order valence-electron chi connectivity index (χ2n) is 6.58. The molecule has 0 fully saturated rings. The van der Waals surface area contributed by atoms with Crippen molar-refractivity contribution in [2.45, 2.75) is 19.4 Å². The highest BCUT2D eigenvalue weighted by Gasteiger charge is 2.20. The molecule has 3 heterocycles. The van der Waals surface area contributed by atoms with Gasteiger partial charge in [0, 0.05) is 29.1 Å². The molecule has 3 aromatic rings. The number of nitrogens with one attached hydrogen (secondary N) is 1. The van der Waals surface area contributed by atoms with Crippen LogP contribution < -0.4 is 11.2 Å². The van der Waals surface area contributed by atoms with Crippen molar-refractivity contribution in [1.29, 1.82) is 0 Å². The third kappa shape index (κ3) is 2.69. The molecule has 4 N–H and O–H groups in total. The average molecular weight is 334 g/mol. The van der Waals surface area contributed by atoms with E-state index in [1.165, 1.54) is 0 Å². The molecule has 0 atom stereocenters. The van der Waals surface area contributed by atoms with E-state index in [9.17, 15) is 5.11 Å². The first-order valence-electron chi connectivity index (χ1n) is 7.90. The number of aromatic hydroxyl groups is 1. The van der Waals surface area contributed by atoms with Crippen molar-refractivity contribution < 1.29 is 5.11 Å². The fourth-order valence-corrected chi connectivity index (χ4v) is 2.85. The number of phenols is 1. The van der Waals surface area contributed by atoms with Gasteiger partial charge in [-0.05, 0) is 32.1 Å². The first kappa shape index (κ1) is 15.2. The second kappa shape index (κ2) is 5.34. The minimum atomic E-state index is -0.262. The van der Waals surface area contributed by atoms with Gasteiger partial charge in [0.05, 0.1) is 17.4 Å². The normalized spacial score (nSPS) is 15.8. The lowest BCUT2D eigenvalue weighted by molar-refractivity contribution is 0.477. The number of phenolic OH excluding ortho intramolecular Hbond substituents is 1. The monoisotopic (exact) mass is 334 g/mol. The van der Waals surface area contributed by atoms with Crippen LogP contribution in [0.3, 0.4) is 0 Å². The Balaban J connectivity index is 1.84. The Labute approximate surface area is 144 Å². The van der Waals surface area contributed by atoms with Crippen LogP contribution in [0.25, 0.3) is 22.6 Å². The molecule has 0 radical (unpaired) electrons. The molecule has 4 rings (SSSR count).